The smallest absolute Gasteiger partial charge is 0.331 e. The van der Waals surface area contributed by atoms with Crippen molar-refractivity contribution in [3.05, 3.63) is 52.3 Å². The number of imide groups is 2. The van der Waals surface area contributed by atoms with Crippen LogP contribution in [0.25, 0.3) is 17.4 Å². The summed E-state index contributed by atoms with van der Waals surface area (Å²) in [5.41, 5.74) is 1.72. The number of hydrogen-bond acceptors (Lipinski definition) is 4. The van der Waals surface area contributed by atoms with Crippen molar-refractivity contribution in [1.29, 1.82) is 0 Å². The van der Waals surface area contributed by atoms with Crippen LogP contribution in [0.4, 0.5) is 4.79 Å². The van der Waals surface area contributed by atoms with Gasteiger partial charge in [-0.3, -0.25) is 19.8 Å². The van der Waals surface area contributed by atoms with Crippen molar-refractivity contribution in [2.45, 2.75) is 45.1 Å². The highest BCUT2D eigenvalue weighted by molar-refractivity contribution is 6.31. The maximum Gasteiger partial charge on any atom is 0.331 e. The SMILES string of the molecule is Cc1ccc(Cl)cc1-c1ccc(C=C2C(=O)NC(=O)N(C3CCCCC3)C2=O)o1. The highest BCUT2D eigenvalue weighted by atomic mass is 35.5. The maximum atomic E-state index is 12.9. The second-order valence-electron chi connectivity index (χ2n) is 7.45. The molecule has 2 heterocycles. The van der Waals surface area contributed by atoms with Crippen LogP contribution in [0.3, 0.4) is 0 Å². The number of benzene rings is 1. The van der Waals surface area contributed by atoms with Crippen LogP contribution in [0.5, 0.6) is 0 Å². The number of carbonyl (C=O) groups is 3. The molecule has 150 valence electrons. The Labute approximate surface area is 173 Å². The van der Waals surface area contributed by atoms with Crippen LogP contribution >= 0.6 is 11.6 Å². The predicted octanol–water partition coefficient (Wildman–Crippen LogP) is 4.70. The van der Waals surface area contributed by atoms with Crippen LogP contribution in [0.15, 0.2) is 40.3 Å². The quantitative estimate of drug-likeness (QED) is 0.585. The molecule has 1 aliphatic carbocycles. The number of nitrogens with one attached hydrogen (secondary N) is 1. The monoisotopic (exact) mass is 412 g/mol. The molecule has 29 heavy (non-hydrogen) atoms. The first kappa shape index (κ1) is 19.5. The van der Waals surface area contributed by atoms with Crippen LogP contribution in [0.1, 0.15) is 43.4 Å². The molecule has 1 N–H and O–H groups in total. The number of urea groups is 1. The zero-order valence-corrected chi connectivity index (χ0v) is 16.8. The largest absolute Gasteiger partial charge is 0.457 e. The molecule has 2 aliphatic rings. The molecule has 1 saturated carbocycles. The molecule has 1 saturated heterocycles. The van der Waals surface area contributed by atoms with Gasteiger partial charge in [0, 0.05) is 16.6 Å². The molecule has 0 unspecified atom stereocenters. The summed E-state index contributed by atoms with van der Waals surface area (Å²) in [6.07, 6.45) is 5.95. The van der Waals surface area contributed by atoms with E-state index in [0.29, 0.717) is 16.5 Å². The third kappa shape index (κ3) is 3.85. The fourth-order valence-electron chi connectivity index (χ4n) is 3.92. The number of barbiturate groups is 1. The van der Waals surface area contributed by atoms with Gasteiger partial charge >= 0.3 is 6.03 Å². The molecule has 2 fully saturated rings. The molecular weight excluding hydrogens is 392 g/mol. The van der Waals surface area contributed by atoms with Gasteiger partial charge in [0.2, 0.25) is 0 Å². The van der Waals surface area contributed by atoms with Gasteiger partial charge in [-0.15, -0.1) is 0 Å². The van der Waals surface area contributed by atoms with E-state index >= 15 is 0 Å². The molecule has 1 aliphatic heterocycles. The van der Waals surface area contributed by atoms with E-state index in [0.717, 1.165) is 43.2 Å². The molecule has 0 atom stereocenters. The van der Waals surface area contributed by atoms with Gasteiger partial charge in [0.15, 0.2) is 0 Å². The summed E-state index contributed by atoms with van der Waals surface area (Å²) in [4.78, 5) is 38.7. The highest BCUT2D eigenvalue weighted by Crippen LogP contribution is 2.30. The van der Waals surface area contributed by atoms with Crippen molar-refractivity contribution in [2.75, 3.05) is 0 Å². The van der Waals surface area contributed by atoms with Gasteiger partial charge in [-0.2, -0.15) is 0 Å². The van der Waals surface area contributed by atoms with Gasteiger partial charge < -0.3 is 4.42 Å². The lowest BCUT2D eigenvalue weighted by Crippen LogP contribution is -2.58. The third-order valence-electron chi connectivity index (χ3n) is 5.45. The average molecular weight is 413 g/mol. The average Bonchev–Trinajstić information content (AvgIpc) is 3.16. The van der Waals surface area contributed by atoms with Gasteiger partial charge in [-0.1, -0.05) is 36.9 Å². The molecule has 1 aromatic heterocycles. The minimum absolute atomic E-state index is 0.0983. The summed E-state index contributed by atoms with van der Waals surface area (Å²) in [6.45, 7) is 1.94. The van der Waals surface area contributed by atoms with E-state index in [-0.39, 0.29) is 11.6 Å². The zero-order chi connectivity index (χ0) is 20.5. The van der Waals surface area contributed by atoms with Gasteiger partial charge in [-0.25, -0.2) is 4.79 Å². The van der Waals surface area contributed by atoms with Crippen molar-refractivity contribution in [1.82, 2.24) is 10.2 Å². The Hall–Kier alpha value is -2.86. The fourth-order valence-corrected chi connectivity index (χ4v) is 4.09. The fraction of sp³-hybridized carbons (Fsp3) is 0.318. The second kappa shape index (κ2) is 7.87. The number of hydrogen-bond donors (Lipinski definition) is 1. The van der Waals surface area contributed by atoms with Crippen LogP contribution in [-0.2, 0) is 9.59 Å². The van der Waals surface area contributed by atoms with Crippen molar-refractivity contribution in [3.63, 3.8) is 0 Å². The zero-order valence-electron chi connectivity index (χ0n) is 16.0. The summed E-state index contributed by atoms with van der Waals surface area (Å²) in [5.74, 6) is -0.331. The van der Waals surface area contributed by atoms with E-state index in [1.807, 2.05) is 13.0 Å². The Morgan fingerprint density at radius 3 is 2.62 bits per heavy atom. The third-order valence-corrected chi connectivity index (χ3v) is 5.69. The lowest BCUT2D eigenvalue weighted by atomic mass is 9.93. The standard InChI is InChI=1S/C22H21ClN2O4/c1-13-7-8-14(23)11-17(13)19-10-9-16(29-19)12-18-20(26)24-22(28)25(21(18)27)15-5-3-2-4-6-15/h7-12,15H,2-6H2,1H3,(H,24,26,28). The van der Waals surface area contributed by atoms with E-state index in [2.05, 4.69) is 5.32 Å². The van der Waals surface area contributed by atoms with Crippen LogP contribution in [-0.4, -0.2) is 28.8 Å². The molecule has 4 rings (SSSR count). The number of aryl methyl sites for hydroxylation is 1. The lowest BCUT2D eigenvalue weighted by Gasteiger charge is -2.35. The molecule has 0 bridgehead atoms. The van der Waals surface area contributed by atoms with Crippen molar-refractivity contribution in [2.24, 2.45) is 0 Å². The number of furan rings is 1. The number of carbonyl (C=O) groups excluding carboxylic acids is 3. The molecule has 6 nitrogen and oxygen atoms in total. The Balaban J connectivity index is 1.64. The summed E-state index contributed by atoms with van der Waals surface area (Å²) in [7, 11) is 0. The summed E-state index contributed by atoms with van der Waals surface area (Å²) in [6, 6.07) is 8.13. The van der Waals surface area contributed by atoms with E-state index in [1.165, 1.54) is 11.0 Å². The molecule has 1 aromatic carbocycles. The van der Waals surface area contributed by atoms with Crippen molar-refractivity contribution in [3.8, 4) is 11.3 Å². The summed E-state index contributed by atoms with van der Waals surface area (Å²) in [5, 5.41) is 2.87. The van der Waals surface area contributed by atoms with Gasteiger partial charge in [0.05, 0.1) is 0 Å². The number of rotatable bonds is 3. The minimum Gasteiger partial charge on any atom is -0.457 e. The molecule has 4 amide bonds. The Morgan fingerprint density at radius 2 is 1.86 bits per heavy atom. The topological polar surface area (TPSA) is 79.6 Å². The van der Waals surface area contributed by atoms with Crippen molar-refractivity contribution < 1.29 is 18.8 Å². The molecule has 0 spiro atoms. The first-order chi connectivity index (χ1) is 13.9. The molecule has 0 radical (unpaired) electrons. The van der Waals surface area contributed by atoms with Gasteiger partial charge in [-0.05, 0) is 55.7 Å². The number of halogens is 1. The van der Waals surface area contributed by atoms with Gasteiger partial charge in [0.25, 0.3) is 11.8 Å². The number of nitrogens with zero attached hydrogens (tertiary/aromatic N) is 1. The van der Waals surface area contributed by atoms with Crippen LogP contribution < -0.4 is 5.32 Å². The first-order valence-electron chi connectivity index (χ1n) is 9.71. The molecule has 2 aromatic rings. The Bertz CT molecular complexity index is 1020. The van der Waals surface area contributed by atoms with Gasteiger partial charge in [0.1, 0.15) is 17.1 Å². The molecular formula is C22H21ClN2O4. The first-order valence-corrected chi connectivity index (χ1v) is 10.1. The van der Waals surface area contributed by atoms with Crippen LogP contribution in [0, 0.1) is 6.92 Å². The van der Waals surface area contributed by atoms with Crippen LogP contribution in [0.2, 0.25) is 5.02 Å². The Kier molecular flexibility index (Phi) is 5.28. The highest BCUT2D eigenvalue weighted by Gasteiger charge is 2.40. The second-order valence-corrected chi connectivity index (χ2v) is 7.88. The van der Waals surface area contributed by atoms with E-state index in [1.54, 1.807) is 24.3 Å². The summed E-state index contributed by atoms with van der Waals surface area (Å²) >= 11 is 6.08. The van der Waals surface area contributed by atoms with E-state index in [9.17, 15) is 14.4 Å². The minimum atomic E-state index is -0.705. The Morgan fingerprint density at radius 1 is 1.10 bits per heavy atom. The lowest BCUT2D eigenvalue weighted by molar-refractivity contribution is -0.132. The molecule has 7 heteroatoms. The van der Waals surface area contributed by atoms with Crippen molar-refractivity contribution >= 4 is 35.5 Å². The summed E-state index contributed by atoms with van der Waals surface area (Å²) < 4.78 is 5.84. The van der Waals surface area contributed by atoms with E-state index < -0.39 is 17.8 Å². The number of amides is 4. The predicted molar refractivity (Wildman–Crippen MR) is 109 cm³/mol. The van der Waals surface area contributed by atoms with E-state index in [4.69, 9.17) is 16.0 Å². The normalized spacial score (nSPS) is 19.7. The maximum absolute atomic E-state index is 12.9.